The molecule has 164 valence electrons. The molecule has 0 radical (unpaired) electrons. The Kier molecular flexibility index (Phi) is 5.94. The van der Waals surface area contributed by atoms with Crippen molar-refractivity contribution in [2.45, 2.75) is 39.0 Å². The molecule has 4 nitrogen and oxygen atoms in total. The molecule has 2 aliphatic carbocycles. The number of halogens is 1. The molecular weight excluding hydrogens is 438 g/mol. The molecule has 0 unspecified atom stereocenters. The van der Waals surface area contributed by atoms with Gasteiger partial charge in [0.05, 0.1) is 15.9 Å². The fraction of sp³-hybridized carbons (Fsp3) is 0.269. The molecule has 0 bridgehead atoms. The molecule has 1 aromatic carbocycles. The van der Waals surface area contributed by atoms with Crippen molar-refractivity contribution in [3.05, 3.63) is 80.9 Å². The molecule has 3 aromatic rings. The standard InChI is InChI=1S/C26H26ClN3OS/c1-16-23(12-11-21(18-9-10-18)29-20-8-4-7-19(27)13-20)32-26-22(14-24(31)30-25(16)26)28-15-17-5-2-3-6-17/h2-5,7-8,13-14,29H,6,9-12,15H2,1H3,(H2,28,30,31). The first-order chi connectivity index (χ1) is 15.6. The average molecular weight is 464 g/mol. The second-order valence-electron chi connectivity index (χ2n) is 8.38. The minimum Gasteiger partial charge on any atom is -0.493 e. The van der Waals surface area contributed by atoms with E-state index < -0.39 is 0 Å². The summed E-state index contributed by atoms with van der Waals surface area (Å²) in [7, 11) is 0. The van der Waals surface area contributed by atoms with Gasteiger partial charge in [-0.05, 0) is 68.4 Å². The molecule has 0 saturated heterocycles. The summed E-state index contributed by atoms with van der Waals surface area (Å²) in [5.41, 5.74) is 8.20. The van der Waals surface area contributed by atoms with Crippen LogP contribution >= 0.6 is 22.9 Å². The number of thiophene rings is 1. The van der Waals surface area contributed by atoms with E-state index in [-0.39, 0.29) is 5.88 Å². The van der Waals surface area contributed by atoms with E-state index in [4.69, 9.17) is 11.6 Å². The van der Waals surface area contributed by atoms with Crippen molar-refractivity contribution in [3.8, 4) is 5.88 Å². The van der Waals surface area contributed by atoms with Crippen molar-refractivity contribution in [3.63, 3.8) is 0 Å². The van der Waals surface area contributed by atoms with Crippen LogP contribution in [0.1, 0.15) is 36.1 Å². The molecule has 1 saturated carbocycles. The van der Waals surface area contributed by atoms with Crippen LogP contribution in [0.2, 0.25) is 5.02 Å². The van der Waals surface area contributed by atoms with E-state index in [1.165, 1.54) is 34.6 Å². The van der Waals surface area contributed by atoms with E-state index in [2.05, 4.69) is 46.8 Å². The van der Waals surface area contributed by atoms with Crippen molar-refractivity contribution in [2.24, 2.45) is 0 Å². The maximum atomic E-state index is 10.2. The summed E-state index contributed by atoms with van der Waals surface area (Å²) in [5, 5.41) is 18.1. The van der Waals surface area contributed by atoms with E-state index in [1.54, 1.807) is 17.4 Å². The number of anilines is 2. The molecule has 0 amide bonds. The van der Waals surface area contributed by atoms with E-state index in [1.807, 2.05) is 18.2 Å². The second kappa shape index (κ2) is 9.00. The number of aryl methyl sites for hydroxylation is 2. The lowest BCUT2D eigenvalue weighted by molar-refractivity contribution is 0.456. The van der Waals surface area contributed by atoms with Crippen LogP contribution in [-0.4, -0.2) is 16.6 Å². The van der Waals surface area contributed by atoms with E-state index in [0.717, 1.165) is 58.0 Å². The highest BCUT2D eigenvalue weighted by Crippen LogP contribution is 2.39. The van der Waals surface area contributed by atoms with Crippen LogP contribution in [0.25, 0.3) is 10.2 Å². The van der Waals surface area contributed by atoms with E-state index in [0.29, 0.717) is 0 Å². The molecular formula is C26H26ClN3OS. The van der Waals surface area contributed by atoms with E-state index >= 15 is 0 Å². The summed E-state index contributed by atoms with van der Waals surface area (Å²) < 4.78 is 1.12. The van der Waals surface area contributed by atoms with Crippen LogP contribution in [0.15, 0.2) is 65.4 Å². The molecule has 2 heterocycles. The Morgan fingerprint density at radius 1 is 1.25 bits per heavy atom. The first-order valence-corrected chi connectivity index (χ1v) is 12.2. The lowest BCUT2D eigenvalue weighted by Crippen LogP contribution is -2.03. The first-order valence-electron chi connectivity index (χ1n) is 11.0. The summed E-state index contributed by atoms with van der Waals surface area (Å²) in [4.78, 5) is 5.76. The number of rotatable bonds is 8. The first kappa shape index (κ1) is 21.1. The molecule has 0 spiro atoms. The molecule has 6 heteroatoms. The topological polar surface area (TPSA) is 57.2 Å². The molecule has 32 heavy (non-hydrogen) atoms. The molecule has 2 aromatic heterocycles. The lowest BCUT2D eigenvalue weighted by Gasteiger charge is -2.11. The number of hydrogen-bond donors (Lipinski definition) is 3. The van der Waals surface area contributed by atoms with Crippen LogP contribution < -0.4 is 10.6 Å². The van der Waals surface area contributed by atoms with Gasteiger partial charge in [0.25, 0.3) is 0 Å². The van der Waals surface area contributed by atoms with Crippen molar-refractivity contribution in [1.82, 2.24) is 4.98 Å². The number of fused-ring (bicyclic) bond motifs is 1. The summed E-state index contributed by atoms with van der Waals surface area (Å²) >= 11 is 7.94. The molecule has 1 fully saturated rings. The van der Waals surface area contributed by atoms with Crippen LogP contribution in [-0.2, 0) is 6.42 Å². The highest BCUT2D eigenvalue weighted by molar-refractivity contribution is 7.19. The van der Waals surface area contributed by atoms with Gasteiger partial charge in [-0.1, -0.05) is 41.5 Å². The van der Waals surface area contributed by atoms with Gasteiger partial charge in [0.2, 0.25) is 5.88 Å². The van der Waals surface area contributed by atoms with Gasteiger partial charge in [0.1, 0.15) is 0 Å². The molecule has 0 aliphatic heterocycles. The van der Waals surface area contributed by atoms with Gasteiger partial charge >= 0.3 is 0 Å². The number of hydrogen-bond acceptors (Lipinski definition) is 5. The zero-order valence-electron chi connectivity index (χ0n) is 18.0. The van der Waals surface area contributed by atoms with Gasteiger partial charge < -0.3 is 15.7 Å². The Hall–Kier alpha value is -2.76. The van der Waals surface area contributed by atoms with Gasteiger partial charge in [-0.3, -0.25) is 0 Å². The highest BCUT2D eigenvalue weighted by atomic mass is 35.5. The predicted molar refractivity (Wildman–Crippen MR) is 136 cm³/mol. The third-order valence-corrected chi connectivity index (χ3v) is 7.57. The monoisotopic (exact) mass is 463 g/mol. The number of nitrogens with one attached hydrogen (secondary N) is 2. The lowest BCUT2D eigenvalue weighted by atomic mass is 10.1. The minimum atomic E-state index is 0.0642. The fourth-order valence-electron chi connectivity index (χ4n) is 4.08. The summed E-state index contributed by atoms with van der Waals surface area (Å²) in [6.45, 7) is 2.89. The maximum Gasteiger partial charge on any atom is 0.213 e. The Balaban J connectivity index is 1.35. The maximum absolute atomic E-state index is 10.2. The smallest absolute Gasteiger partial charge is 0.213 e. The van der Waals surface area contributed by atoms with Crippen molar-refractivity contribution < 1.29 is 5.11 Å². The summed E-state index contributed by atoms with van der Waals surface area (Å²) in [5.74, 6) is 0.0642. The van der Waals surface area contributed by atoms with Crippen LogP contribution in [0.3, 0.4) is 0 Å². The number of benzene rings is 1. The summed E-state index contributed by atoms with van der Waals surface area (Å²) in [6.07, 6.45) is 11.6. The van der Waals surface area contributed by atoms with Gasteiger partial charge in [0.15, 0.2) is 0 Å². The normalized spacial score (nSPS) is 14.7. The zero-order valence-corrected chi connectivity index (χ0v) is 19.6. The zero-order chi connectivity index (χ0) is 22.1. The van der Waals surface area contributed by atoms with Gasteiger partial charge in [-0.15, -0.1) is 11.3 Å². The molecule has 5 rings (SSSR count). The van der Waals surface area contributed by atoms with Crippen molar-refractivity contribution >= 4 is 44.5 Å². The number of nitrogens with zero attached hydrogens (tertiary/aromatic N) is 1. The van der Waals surface area contributed by atoms with Gasteiger partial charge in [-0.25, -0.2) is 4.98 Å². The number of aromatic hydroxyl groups is 1. The highest BCUT2D eigenvalue weighted by Gasteiger charge is 2.20. The average Bonchev–Trinajstić information content (AvgIpc) is 3.40. The van der Waals surface area contributed by atoms with Crippen LogP contribution in [0.5, 0.6) is 5.88 Å². The Morgan fingerprint density at radius 3 is 2.88 bits per heavy atom. The Morgan fingerprint density at radius 2 is 2.12 bits per heavy atom. The van der Waals surface area contributed by atoms with E-state index in [9.17, 15) is 5.11 Å². The number of allylic oxidation sites excluding steroid dienone is 5. The quantitative estimate of drug-likeness (QED) is 0.326. The fourth-order valence-corrected chi connectivity index (χ4v) is 5.51. The molecule has 0 atom stereocenters. The van der Waals surface area contributed by atoms with Crippen molar-refractivity contribution in [2.75, 3.05) is 17.2 Å². The Labute approximate surface area is 197 Å². The molecule has 3 N–H and O–H groups in total. The third-order valence-electron chi connectivity index (χ3n) is 5.96. The largest absolute Gasteiger partial charge is 0.493 e. The number of aromatic nitrogens is 1. The van der Waals surface area contributed by atoms with Gasteiger partial charge in [-0.2, -0.15) is 0 Å². The third kappa shape index (κ3) is 4.69. The summed E-state index contributed by atoms with van der Waals surface area (Å²) in [6, 6.07) is 9.63. The van der Waals surface area contributed by atoms with Gasteiger partial charge in [0, 0.05) is 33.9 Å². The Bertz CT molecular complexity index is 1270. The van der Waals surface area contributed by atoms with Crippen molar-refractivity contribution in [1.29, 1.82) is 0 Å². The van der Waals surface area contributed by atoms with Crippen LogP contribution in [0, 0.1) is 6.92 Å². The predicted octanol–water partition coefficient (Wildman–Crippen LogP) is 7.35. The SMILES string of the molecule is Cc1c(CCC(Nc2cccc(Cl)c2)=C2CC2)sc2c(NCC3=CC=CC3)cc(O)nc12. The second-order valence-corrected chi connectivity index (χ2v) is 9.93. The molecule has 2 aliphatic rings. The minimum absolute atomic E-state index is 0.0642. The number of pyridine rings is 1. The van der Waals surface area contributed by atoms with Crippen LogP contribution in [0.4, 0.5) is 11.4 Å².